The van der Waals surface area contributed by atoms with Crippen LogP contribution in [0.15, 0.2) is 0 Å². The summed E-state index contributed by atoms with van der Waals surface area (Å²) >= 11 is 0.333. The summed E-state index contributed by atoms with van der Waals surface area (Å²) in [5.74, 6) is 0. The van der Waals surface area contributed by atoms with Crippen molar-refractivity contribution in [2.24, 2.45) is 0 Å². The van der Waals surface area contributed by atoms with E-state index in [0.717, 1.165) is 0 Å². The Kier molecular flexibility index (Phi) is 262. The van der Waals surface area contributed by atoms with Crippen LogP contribution in [0.4, 0.5) is 0 Å². The van der Waals surface area contributed by atoms with Crippen molar-refractivity contribution in [1.29, 1.82) is 0 Å². The van der Waals surface area contributed by atoms with Gasteiger partial charge in [0.05, 0.1) is 0 Å². The molecule has 0 rings (SSSR count). The summed E-state index contributed by atoms with van der Waals surface area (Å²) in [4.78, 5) is 0. The molecule has 0 bridgehead atoms. The van der Waals surface area contributed by atoms with Crippen molar-refractivity contribution >= 4 is 0 Å². The SMILES string of the molecule is OO.[O]=[W]. The van der Waals surface area contributed by atoms with Crippen LogP contribution in [0.25, 0.3) is 0 Å². The minimum absolute atomic E-state index is 0.333. The molecule has 0 aliphatic rings. The average molecular weight is 234 g/mol. The fourth-order valence-electron chi connectivity index (χ4n) is 0. The molecule has 0 amide bonds. The van der Waals surface area contributed by atoms with Gasteiger partial charge in [-0.3, -0.25) is 10.5 Å². The molecule has 0 aromatic heterocycles. The monoisotopic (exact) mass is 234 g/mol. The summed E-state index contributed by atoms with van der Waals surface area (Å²) in [5, 5.41) is 12.0. The zero-order chi connectivity index (χ0) is 4.00. The Labute approximate surface area is 34.4 Å². The Morgan fingerprint density at radius 2 is 1.25 bits per heavy atom. The van der Waals surface area contributed by atoms with Gasteiger partial charge in [-0.05, 0) is 0 Å². The van der Waals surface area contributed by atoms with Crippen LogP contribution in [0, 0.1) is 0 Å². The fraction of sp³-hybridized carbons (Fsp3) is 0. The molecule has 0 saturated carbocycles. The third kappa shape index (κ3) is 28.7. The molecule has 4 heavy (non-hydrogen) atoms. The van der Waals surface area contributed by atoms with E-state index < -0.39 is 0 Å². The first-order chi connectivity index (χ1) is 2.00. The number of hydrogen-bond acceptors (Lipinski definition) is 3. The van der Waals surface area contributed by atoms with Gasteiger partial charge >= 0.3 is 23.2 Å². The van der Waals surface area contributed by atoms with Crippen LogP contribution in [-0.2, 0) is 23.2 Å². The molecule has 0 aliphatic heterocycles. The van der Waals surface area contributed by atoms with Gasteiger partial charge in [-0.25, -0.2) is 0 Å². The molecule has 0 unspecified atom stereocenters. The molecule has 0 aromatic rings. The molecule has 0 spiro atoms. The second-order valence-electron chi connectivity index (χ2n) is 0. The summed E-state index contributed by atoms with van der Waals surface area (Å²) in [5.41, 5.74) is 0. The Morgan fingerprint density at radius 1 is 1.25 bits per heavy atom. The van der Waals surface area contributed by atoms with E-state index in [0.29, 0.717) is 19.8 Å². The molecule has 0 aliphatic carbocycles. The van der Waals surface area contributed by atoms with Crippen LogP contribution < -0.4 is 0 Å². The third-order valence-electron chi connectivity index (χ3n) is 0. The summed E-state index contributed by atoms with van der Waals surface area (Å²) in [6.45, 7) is 0. The molecular weight excluding hydrogens is 232 g/mol. The van der Waals surface area contributed by atoms with Crippen molar-refractivity contribution in [3.05, 3.63) is 0 Å². The van der Waals surface area contributed by atoms with Crippen molar-refractivity contribution in [3.8, 4) is 0 Å². The van der Waals surface area contributed by atoms with Crippen LogP contribution in [0.2, 0.25) is 0 Å². The van der Waals surface area contributed by atoms with E-state index in [1.807, 2.05) is 0 Å². The first-order valence-corrected chi connectivity index (χ1v) is 1.56. The quantitative estimate of drug-likeness (QED) is 0.454. The van der Waals surface area contributed by atoms with Crippen molar-refractivity contribution in [2.45, 2.75) is 0 Å². The maximum absolute atomic E-state index is 8.33. The predicted octanol–water partition coefficient (Wildman–Crippen LogP) is -0.104. The first-order valence-electron chi connectivity index (χ1n) is 0.367. The van der Waals surface area contributed by atoms with E-state index in [1.165, 1.54) is 0 Å². The van der Waals surface area contributed by atoms with E-state index in [-0.39, 0.29) is 0 Å². The van der Waals surface area contributed by atoms with E-state index in [9.17, 15) is 0 Å². The van der Waals surface area contributed by atoms with Gasteiger partial charge < -0.3 is 0 Å². The number of rotatable bonds is 0. The van der Waals surface area contributed by atoms with E-state index in [2.05, 4.69) is 0 Å². The molecule has 0 atom stereocenters. The minimum atomic E-state index is 0.333. The van der Waals surface area contributed by atoms with Crippen LogP contribution in [0.5, 0.6) is 0 Å². The van der Waals surface area contributed by atoms with Gasteiger partial charge in [-0.1, -0.05) is 0 Å². The van der Waals surface area contributed by atoms with E-state index in [1.54, 1.807) is 0 Å². The van der Waals surface area contributed by atoms with Gasteiger partial charge in [0, 0.05) is 0 Å². The Balaban J connectivity index is 0. The van der Waals surface area contributed by atoms with Crippen molar-refractivity contribution in [3.63, 3.8) is 0 Å². The zero-order valence-corrected chi connectivity index (χ0v) is 4.64. The second kappa shape index (κ2) is 119. The zero-order valence-electron chi connectivity index (χ0n) is 1.71. The summed E-state index contributed by atoms with van der Waals surface area (Å²) in [6, 6.07) is 0. The van der Waals surface area contributed by atoms with Gasteiger partial charge in [0.2, 0.25) is 0 Å². The number of hydrogen-bond donors (Lipinski definition) is 2. The van der Waals surface area contributed by atoms with Crippen LogP contribution in [-0.4, -0.2) is 10.5 Å². The van der Waals surface area contributed by atoms with Gasteiger partial charge in [0.15, 0.2) is 0 Å². The molecule has 4 heteroatoms. The second-order valence-corrected chi connectivity index (χ2v) is 0. The van der Waals surface area contributed by atoms with E-state index >= 15 is 0 Å². The summed E-state index contributed by atoms with van der Waals surface area (Å²) in [7, 11) is 0. The fourth-order valence-corrected chi connectivity index (χ4v) is 0. The average Bonchev–Trinajstić information content (AvgIpc) is 1.50. The van der Waals surface area contributed by atoms with Crippen LogP contribution >= 0.6 is 0 Å². The summed E-state index contributed by atoms with van der Waals surface area (Å²) < 4.78 is 8.33. The van der Waals surface area contributed by atoms with Gasteiger partial charge in [0.1, 0.15) is 0 Å². The summed E-state index contributed by atoms with van der Waals surface area (Å²) in [6.07, 6.45) is 0. The normalized spacial score (nSPS) is 2.50. The van der Waals surface area contributed by atoms with Crippen molar-refractivity contribution in [1.82, 2.24) is 0 Å². The van der Waals surface area contributed by atoms with Gasteiger partial charge in [-0.15, -0.1) is 0 Å². The first kappa shape index (κ1) is 8.83. The molecule has 26 valence electrons. The molecular formula is H2O3W. The molecule has 0 heterocycles. The maximum atomic E-state index is 8.33. The van der Waals surface area contributed by atoms with Gasteiger partial charge in [-0.2, -0.15) is 0 Å². The standard InChI is InChI=1S/H2O2.O.W/c1-2;;/h1-2H;;. The Bertz CT molecular complexity index is 3.25. The van der Waals surface area contributed by atoms with E-state index in [4.69, 9.17) is 13.9 Å². The molecule has 0 aromatic carbocycles. The van der Waals surface area contributed by atoms with Crippen molar-refractivity contribution < 1.29 is 33.7 Å². The Morgan fingerprint density at radius 3 is 1.25 bits per heavy atom. The van der Waals surface area contributed by atoms with Crippen molar-refractivity contribution in [2.75, 3.05) is 0 Å². The molecule has 2 N–H and O–H groups in total. The molecule has 0 saturated heterocycles. The predicted molar refractivity (Wildman–Crippen MR) is 5.94 cm³/mol. The van der Waals surface area contributed by atoms with Crippen LogP contribution in [0.1, 0.15) is 0 Å². The molecule has 0 radical (unpaired) electrons. The molecule has 3 nitrogen and oxygen atoms in total. The molecule has 0 fully saturated rings. The Hall–Kier alpha value is 0.408. The van der Waals surface area contributed by atoms with Crippen LogP contribution in [0.3, 0.4) is 0 Å². The third-order valence-corrected chi connectivity index (χ3v) is 0. The van der Waals surface area contributed by atoms with Gasteiger partial charge in [0.25, 0.3) is 0 Å². The topological polar surface area (TPSA) is 57.5 Å².